The topological polar surface area (TPSA) is 77.0 Å². The van der Waals surface area contributed by atoms with E-state index in [1.54, 1.807) is 11.3 Å². The summed E-state index contributed by atoms with van der Waals surface area (Å²) in [6.45, 7) is 10.7. The Morgan fingerprint density at radius 2 is 1.93 bits per heavy atom. The van der Waals surface area contributed by atoms with Crippen molar-refractivity contribution in [3.63, 3.8) is 0 Å². The third-order valence-electron chi connectivity index (χ3n) is 4.97. The molecule has 0 spiro atoms. The van der Waals surface area contributed by atoms with E-state index < -0.39 is 10.0 Å². The van der Waals surface area contributed by atoms with Gasteiger partial charge < -0.3 is 10.6 Å². The van der Waals surface area contributed by atoms with Crippen LogP contribution in [0.15, 0.2) is 22.5 Å². The molecule has 168 valence electrons. The highest BCUT2D eigenvalue weighted by molar-refractivity contribution is 14.0. The maximum atomic E-state index is 12.3. The Hall–Kier alpha value is -0.430. The summed E-state index contributed by atoms with van der Waals surface area (Å²) in [6.07, 6.45) is 2.49. The number of hydrogen-bond acceptors (Lipinski definition) is 5. The molecular weight excluding hydrogens is 521 g/mol. The van der Waals surface area contributed by atoms with Crippen molar-refractivity contribution in [2.75, 3.05) is 51.6 Å². The zero-order chi connectivity index (χ0) is 20.4. The molecule has 0 saturated carbocycles. The third kappa shape index (κ3) is 8.31. The van der Waals surface area contributed by atoms with Gasteiger partial charge in [-0.15, -0.1) is 35.3 Å². The third-order valence-corrected chi connectivity index (χ3v) is 7.97. The number of guanidine groups is 1. The van der Waals surface area contributed by atoms with Crippen LogP contribution in [0.25, 0.3) is 0 Å². The minimum absolute atomic E-state index is 0. The fraction of sp³-hybridized carbons (Fsp3) is 0.737. The zero-order valence-corrected chi connectivity index (χ0v) is 21.7. The van der Waals surface area contributed by atoms with E-state index in [2.05, 4.69) is 33.0 Å². The largest absolute Gasteiger partial charge is 0.357 e. The molecule has 1 aromatic heterocycles. The van der Waals surface area contributed by atoms with Crippen molar-refractivity contribution < 1.29 is 8.42 Å². The van der Waals surface area contributed by atoms with Crippen LogP contribution in [-0.2, 0) is 10.0 Å². The zero-order valence-electron chi connectivity index (χ0n) is 17.8. The van der Waals surface area contributed by atoms with Gasteiger partial charge in [-0.05, 0) is 44.3 Å². The molecule has 1 aliphatic rings. The van der Waals surface area contributed by atoms with Crippen molar-refractivity contribution in [3.05, 3.63) is 22.4 Å². The van der Waals surface area contributed by atoms with Gasteiger partial charge in [-0.25, -0.2) is 12.7 Å². The molecule has 0 aromatic carbocycles. The van der Waals surface area contributed by atoms with Crippen molar-refractivity contribution in [1.82, 2.24) is 19.8 Å². The highest BCUT2D eigenvalue weighted by atomic mass is 127. The van der Waals surface area contributed by atoms with Crippen LogP contribution < -0.4 is 10.6 Å². The molecule has 7 nitrogen and oxygen atoms in total. The van der Waals surface area contributed by atoms with Gasteiger partial charge in [0.15, 0.2) is 5.96 Å². The normalized spacial score (nSPS) is 16.6. The van der Waals surface area contributed by atoms with E-state index in [0.717, 1.165) is 19.6 Å². The van der Waals surface area contributed by atoms with Gasteiger partial charge in [0.1, 0.15) is 0 Å². The minimum atomic E-state index is -3.23. The first-order valence-electron chi connectivity index (χ1n) is 10.3. The average molecular weight is 558 g/mol. The standard InChI is InChI=1S/C19H35N5O2S2.HI/c1-4-20-19(21-11-15-28(25,26)24(5-2)6-3)22-16-17(18-10-9-14-27-18)23-12-7-8-13-23;/h9-10,14,17H,4-8,11-13,15-16H2,1-3H3,(H2,20,21,22);1H. The second-order valence-corrected chi connectivity index (χ2v) is 9.89. The summed E-state index contributed by atoms with van der Waals surface area (Å²) in [5.41, 5.74) is 0. The van der Waals surface area contributed by atoms with Gasteiger partial charge in [-0.3, -0.25) is 9.89 Å². The maximum Gasteiger partial charge on any atom is 0.215 e. The fourth-order valence-electron chi connectivity index (χ4n) is 3.48. The molecule has 2 N–H and O–H groups in total. The molecule has 1 atom stereocenters. The van der Waals surface area contributed by atoms with Crippen LogP contribution in [0.5, 0.6) is 0 Å². The molecule has 2 rings (SSSR count). The number of hydrogen-bond donors (Lipinski definition) is 2. The van der Waals surface area contributed by atoms with Gasteiger partial charge >= 0.3 is 0 Å². The Kier molecular flexibility index (Phi) is 12.7. The number of rotatable bonds is 11. The summed E-state index contributed by atoms with van der Waals surface area (Å²) in [5.74, 6) is 0.748. The van der Waals surface area contributed by atoms with Crippen molar-refractivity contribution in [1.29, 1.82) is 0 Å². The van der Waals surface area contributed by atoms with E-state index in [-0.39, 0.29) is 35.8 Å². The van der Waals surface area contributed by atoms with Gasteiger partial charge in [0, 0.05) is 31.1 Å². The van der Waals surface area contributed by atoms with Crippen LogP contribution in [0, 0.1) is 0 Å². The molecule has 0 aliphatic carbocycles. The summed E-state index contributed by atoms with van der Waals surface area (Å²) < 4.78 is 26.2. The number of thiophene rings is 1. The van der Waals surface area contributed by atoms with Crippen LogP contribution in [0.1, 0.15) is 44.5 Å². The van der Waals surface area contributed by atoms with Crippen LogP contribution in [0.3, 0.4) is 0 Å². The molecule has 29 heavy (non-hydrogen) atoms. The second-order valence-electron chi connectivity index (χ2n) is 6.82. The molecule has 1 saturated heterocycles. The van der Waals surface area contributed by atoms with E-state index in [1.165, 1.54) is 22.0 Å². The smallest absolute Gasteiger partial charge is 0.215 e. The second kappa shape index (κ2) is 13.8. The Labute approximate surface area is 197 Å². The molecule has 1 fully saturated rings. The highest BCUT2D eigenvalue weighted by Gasteiger charge is 2.24. The quantitative estimate of drug-likeness (QED) is 0.249. The Bertz CT molecular complexity index is 687. The number of sulfonamides is 1. The lowest BCUT2D eigenvalue weighted by Crippen LogP contribution is -2.42. The number of likely N-dealkylation sites (tertiary alicyclic amines) is 1. The lowest BCUT2D eigenvalue weighted by atomic mass is 10.2. The Morgan fingerprint density at radius 3 is 2.48 bits per heavy atom. The number of halogens is 1. The SMILES string of the molecule is CCNC(=NCC(c1cccs1)N1CCCC1)NCCS(=O)(=O)N(CC)CC.I. The van der Waals surface area contributed by atoms with Gasteiger partial charge in [0.05, 0.1) is 18.3 Å². The summed E-state index contributed by atoms with van der Waals surface area (Å²) in [7, 11) is -3.23. The Morgan fingerprint density at radius 1 is 1.24 bits per heavy atom. The molecule has 0 amide bonds. The number of nitrogens with one attached hydrogen (secondary N) is 2. The van der Waals surface area contributed by atoms with Crippen LogP contribution in [-0.4, -0.2) is 75.1 Å². The lowest BCUT2D eigenvalue weighted by Gasteiger charge is -2.25. The first-order valence-corrected chi connectivity index (χ1v) is 12.8. The maximum absolute atomic E-state index is 12.3. The first-order chi connectivity index (χ1) is 13.5. The summed E-state index contributed by atoms with van der Waals surface area (Å²) >= 11 is 1.78. The molecule has 0 radical (unpaired) electrons. The van der Waals surface area contributed by atoms with Gasteiger partial charge in [0.2, 0.25) is 10.0 Å². The molecule has 10 heteroatoms. The van der Waals surface area contributed by atoms with Crippen molar-refractivity contribution in [2.24, 2.45) is 4.99 Å². The fourth-order valence-corrected chi connectivity index (χ4v) is 5.74. The molecule has 2 heterocycles. The van der Waals surface area contributed by atoms with E-state index in [0.29, 0.717) is 32.1 Å². The van der Waals surface area contributed by atoms with E-state index in [1.807, 2.05) is 20.8 Å². The van der Waals surface area contributed by atoms with Crippen LogP contribution in [0.4, 0.5) is 0 Å². The summed E-state index contributed by atoms with van der Waals surface area (Å²) in [6, 6.07) is 4.56. The lowest BCUT2D eigenvalue weighted by molar-refractivity contribution is 0.255. The van der Waals surface area contributed by atoms with Crippen LogP contribution >= 0.6 is 35.3 Å². The molecular formula is C19H36IN5O2S2. The van der Waals surface area contributed by atoms with E-state index >= 15 is 0 Å². The predicted molar refractivity (Wildman–Crippen MR) is 134 cm³/mol. The molecule has 1 aliphatic heterocycles. The van der Waals surface area contributed by atoms with Gasteiger partial charge in [0.25, 0.3) is 0 Å². The van der Waals surface area contributed by atoms with E-state index in [4.69, 9.17) is 4.99 Å². The molecule has 1 aromatic rings. The van der Waals surface area contributed by atoms with Crippen molar-refractivity contribution >= 4 is 51.3 Å². The van der Waals surface area contributed by atoms with E-state index in [9.17, 15) is 8.42 Å². The Balaban J connectivity index is 0.00000420. The summed E-state index contributed by atoms with van der Waals surface area (Å²) in [4.78, 5) is 8.61. The average Bonchev–Trinajstić information content (AvgIpc) is 3.37. The van der Waals surface area contributed by atoms with Crippen LogP contribution in [0.2, 0.25) is 0 Å². The number of aliphatic imine (C=N–C) groups is 1. The van der Waals surface area contributed by atoms with Crippen molar-refractivity contribution in [2.45, 2.75) is 39.7 Å². The monoisotopic (exact) mass is 557 g/mol. The number of nitrogens with zero attached hydrogens (tertiary/aromatic N) is 3. The predicted octanol–water partition coefficient (Wildman–Crippen LogP) is 2.73. The summed E-state index contributed by atoms with van der Waals surface area (Å²) in [5, 5.41) is 8.54. The molecule has 1 unspecified atom stereocenters. The molecule has 0 bridgehead atoms. The minimum Gasteiger partial charge on any atom is -0.357 e. The van der Waals surface area contributed by atoms with Gasteiger partial charge in [-0.2, -0.15) is 0 Å². The highest BCUT2D eigenvalue weighted by Crippen LogP contribution is 2.28. The van der Waals surface area contributed by atoms with Crippen molar-refractivity contribution in [3.8, 4) is 0 Å². The first kappa shape index (κ1) is 26.6. The van der Waals surface area contributed by atoms with Gasteiger partial charge in [-0.1, -0.05) is 19.9 Å².